The van der Waals surface area contributed by atoms with Crippen LogP contribution in [0.3, 0.4) is 0 Å². The number of hydrogen-bond acceptors (Lipinski definition) is 2. The molecule has 1 amide bonds. The minimum absolute atomic E-state index is 0.156. The fourth-order valence-corrected chi connectivity index (χ4v) is 1.64. The SMILES string of the molecule is N#CCCC(=O)N1CCCCCC1. The van der Waals surface area contributed by atoms with Crippen molar-refractivity contribution in [1.29, 1.82) is 5.26 Å². The van der Waals surface area contributed by atoms with Gasteiger partial charge in [0.2, 0.25) is 5.91 Å². The molecule has 1 heterocycles. The quantitative estimate of drug-likeness (QED) is 0.649. The van der Waals surface area contributed by atoms with Crippen LogP contribution in [0.25, 0.3) is 0 Å². The van der Waals surface area contributed by atoms with E-state index in [1.54, 1.807) is 0 Å². The fraction of sp³-hybridized carbons (Fsp3) is 0.800. The van der Waals surface area contributed by atoms with Gasteiger partial charge in [-0.05, 0) is 12.8 Å². The molecule has 0 saturated carbocycles. The third-order valence-electron chi connectivity index (χ3n) is 2.41. The first-order chi connectivity index (χ1) is 6.34. The van der Waals surface area contributed by atoms with Crippen molar-refractivity contribution in [3.8, 4) is 6.07 Å². The van der Waals surface area contributed by atoms with Crippen LogP contribution in [0.15, 0.2) is 0 Å². The van der Waals surface area contributed by atoms with Crippen molar-refractivity contribution in [1.82, 2.24) is 4.90 Å². The van der Waals surface area contributed by atoms with Gasteiger partial charge in [0.15, 0.2) is 0 Å². The van der Waals surface area contributed by atoms with Gasteiger partial charge in [-0.2, -0.15) is 5.26 Å². The van der Waals surface area contributed by atoms with Gasteiger partial charge in [0, 0.05) is 25.9 Å². The van der Waals surface area contributed by atoms with E-state index < -0.39 is 0 Å². The lowest BCUT2D eigenvalue weighted by Gasteiger charge is -2.19. The molecule has 3 nitrogen and oxygen atoms in total. The molecule has 1 aliphatic rings. The summed E-state index contributed by atoms with van der Waals surface area (Å²) in [6.07, 6.45) is 5.48. The summed E-state index contributed by atoms with van der Waals surface area (Å²) in [6.45, 7) is 1.79. The third kappa shape index (κ3) is 3.45. The monoisotopic (exact) mass is 180 g/mol. The van der Waals surface area contributed by atoms with E-state index in [-0.39, 0.29) is 5.91 Å². The molecule has 0 N–H and O–H groups in total. The second-order valence-electron chi connectivity index (χ2n) is 3.45. The van der Waals surface area contributed by atoms with Crippen molar-refractivity contribution < 1.29 is 4.79 Å². The van der Waals surface area contributed by atoms with Gasteiger partial charge in [-0.1, -0.05) is 12.8 Å². The minimum atomic E-state index is 0.156. The Balaban J connectivity index is 2.31. The minimum Gasteiger partial charge on any atom is -0.343 e. The lowest BCUT2D eigenvalue weighted by molar-refractivity contribution is -0.131. The fourth-order valence-electron chi connectivity index (χ4n) is 1.64. The summed E-state index contributed by atoms with van der Waals surface area (Å²) >= 11 is 0. The number of nitriles is 1. The smallest absolute Gasteiger partial charge is 0.223 e. The average Bonchev–Trinajstić information content (AvgIpc) is 2.42. The Morgan fingerprint density at radius 2 is 1.85 bits per heavy atom. The van der Waals surface area contributed by atoms with Gasteiger partial charge in [-0.15, -0.1) is 0 Å². The first-order valence-corrected chi connectivity index (χ1v) is 4.99. The molecular weight excluding hydrogens is 164 g/mol. The number of likely N-dealkylation sites (tertiary alicyclic amines) is 1. The van der Waals surface area contributed by atoms with Crippen molar-refractivity contribution in [2.75, 3.05) is 13.1 Å². The molecule has 13 heavy (non-hydrogen) atoms. The van der Waals surface area contributed by atoms with Crippen LogP contribution in [0.4, 0.5) is 0 Å². The van der Waals surface area contributed by atoms with E-state index in [1.807, 2.05) is 11.0 Å². The van der Waals surface area contributed by atoms with Gasteiger partial charge in [0.1, 0.15) is 0 Å². The van der Waals surface area contributed by atoms with E-state index in [4.69, 9.17) is 5.26 Å². The van der Waals surface area contributed by atoms with Crippen LogP contribution in [-0.4, -0.2) is 23.9 Å². The van der Waals surface area contributed by atoms with Gasteiger partial charge < -0.3 is 4.90 Å². The standard InChI is InChI=1S/C10H16N2O/c11-7-5-6-10(13)12-8-3-1-2-4-9-12/h1-6,8-9H2. The molecule has 0 bridgehead atoms. The van der Waals surface area contributed by atoms with Crippen LogP contribution < -0.4 is 0 Å². The summed E-state index contributed by atoms with van der Waals surface area (Å²) in [5.41, 5.74) is 0. The summed E-state index contributed by atoms with van der Waals surface area (Å²) in [7, 11) is 0. The number of carbonyl (C=O) groups excluding carboxylic acids is 1. The highest BCUT2D eigenvalue weighted by Gasteiger charge is 2.14. The first-order valence-electron chi connectivity index (χ1n) is 4.99. The molecule has 0 spiro atoms. The molecule has 0 atom stereocenters. The molecule has 3 heteroatoms. The van der Waals surface area contributed by atoms with Crippen molar-refractivity contribution in [2.45, 2.75) is 38.5 Å². The second-order valence-corrected chi connectivity index (χ2v) is 3.45. The lowest BCUT2D eigenvalue weighted by atomic mass is 10.2. The van der Waals surface area contributed by atoms with Crippen LogP contribution >= 0.6 is 0 Å². The van der Waals surface area contributed by atoms with E-state index in [1.165, 1.54) is 12.8 Å². The van der Waals surface area contributed by atoms with Crippen molar-refractivity contribution in [3.63, 3.8) is 0 Å². The zero-order chi connectivity index (χ0) is 9.52. The third-order valence-corrected chi connectivity index (χ3v) is 2.41. The van der Waals surface area contributed by atoms with Crippen molar-refractivity contribution >= 4 is 5.91 Å². The van der Waals surface area contributed by atoms with Crippen molar-refractivity contribution in [3.05, 3.63) is 0 Å². The number of rotatable bonds is 2. The predicted octanol–water partition coefficient (Wildman–Crippen LogP) is 1.69. The highest BCUT2D eigenvalue weighted by molar-refractivity contribution is 5.76. The Morgan fingerprint density at radius 1 is 1.23 bits per heavy atom. The topological polar surface area (TPSA) is 44.1 Å². The molecule has 1 saturated heterocycles. The number of amides is 1. The largest absolute Gasteiger partial charge is 0.343 e. The van der Waals surface area contributed by atoms with Crippen LogP contribution in [0.5, 0.6) is 0 Å². The van der Waals surface area contributed by atoms with E-state index in [9.17, 15) is 4.79 Å². The van der Waals surface area contributed by atoms with E-state index in [0.29, 0.717) is 12.8 Å². The highest BCUT2D eigenvalue weighted by Crippen LogP contribution is 2.10. The van der Waals surface area contributed by atoms with Gasteiger partial charge in [-0.25, -0.2) is 0 Å². The molecule has 0 aromatic rings. The zero-order valence-electron chi connectivity index (χ0n) is 7.96. The normalized spacial score (nSPS) is 17.6. The highest BCUT2D eigenvalue weighted by atomic mass is 16.2. The van der Waals surface area contributed by atoms with Crippen LogP contribution in [0, 0.1) is 11.3 Å². The van der Waals surface area contributed by atoms with Gasteiger partial charge in [0.25, 0.3) is 0 Å². The first kappa shape index (κ1) is 10.0. The Labute approximate surface area is 79.3 Å². The number of hydrogen-bond donors (Lipinski definition) is 0. The van der Waals surface area contributed by atoms with Gasteiger partial charge in [0.05, 0.1) is 6.07 Å². The maximum atomic E-state index is 11.5. The van der Waals surface area contributed by atoms with E-state index in [2.05, 4.69) is 0 Å². The van der Waals surface area contributed by atoms with Crippen LogP contribution in [0.1, 0.15) is 38.5 Å². The summed E-state index contributed by atoms with van der Waals surface area (Å²) in [4.78, 5) is 13.4. The molecule has 1 rings (SSSR count). The molecule has 0 aromatic carbocycles. The van der Waals surface area contributed by atoms with E-state index >= 15 is 0 Å². The Hall–Kier alpha value is -1.04. The van der Waals surface area contributed by atoms with E-state index in [0.717, 1.165) is 25.9 Å². The summed E-state index contributed by atoms with van der Waals surface area (Å²) in [6, 6.07) is 2.01. The van der Waals surface area contributed by atoms with Crippen LogP contribution in [-0.2, 0) is 4.79 Å². The molecule has 0 aliphatic carbocycles. The Kier molecular flexibility index (Phi) is 4.31. The molecular formula is C10H16N2O. The molecule has 1 aliphatic heterocycles. The lowest BCUT2D eigenvalue weighted by Crippen LogP contribution is -2.31. The molecule has 0 radical (unpaired) electrons. The maximum Gasteiger partial charge on any atom is 0.223 e. The Bertz CT molecular complexity index is 199. The number of carbonyl (C=O) groups is 1. The number of nitrogens with zero attached hydrogens (tertiary/aromatic N) is 2. The summed E-state index contributed by atoms with van der Waals surface area (Å²) < 4.78 is 0. The summed E-state index contributed by atoms with van der Waals surface area (Å²) in [5, 5.41) is 8.35. The predicted molar refractivity (Wildman–Crippen MR) is 49.9 cm³/mol. The second kappa shape index (κ2) is 5.58. The van der Waals surface area contributed by atoms with Gasteiger partial charge in [-0.3, -0.25) is 4.79 Å². The molecule has 0 unspecified atom stereocenters. The molecule has 1 fully saturated rings. The zero-order valence-corrected chi connectivity index (χ0v) is 7.96. The Morgan fingerprint density at radius 3 is 2.38 bits per heavy atom. The summed E-state index contributed by atoms with van der Waals surface area (Å²) in [5.74, 6) is 0.156. The molecule has 72 valence electrons. The molecule has 0 aromatic heterocycles. The van der Waals surface area contributed by atoms with Gasteiger partial charge >= 0.3 is 0 Å². The maximum absolute atomic E-state index is 11.5. The van der Waals surface area contributed by atoms with Crippen LogP contribution in [0.2, 0.25) is 0 Å². The average molecular weight is 180 g/mol. The van der Waals surface area contributed by atoms with Crippen molar-refractivity contribution in [2.24, 2.45) is 0 Å².